The third-order valence-corrected chi connectivity index (χ3v) is 11.8. The molecule has 3 fully saturated rings. The maximum absolute atomic E-state index is 14.0. The first-order valence-electron chi connectivity index (χ1n) is 13.2. The Morgan fingerprint density at radius 3 is 2.56 bits per heavy atom. The Kier molecular flexibility index (Phi) is 6.80. The van der Waals surface area contributed by atoms with Gasteiger partial charge in [0.2, 0.25) is 15.9 Å². The number of carbonyl (C=O) groups excluding carboxylic acids is 1. The fourth-order valence-electron chi connectivity index (χ4n) is 6.85. The summed E-state index contributed by atoms with van der Waals surface area (Å²) in [6.07, 6.45) is 3.06. The molecule has 2 saturated carbocycles. The number of halogens is 1. The fraction of sp³-hybridized carbons (Fsp3) is 0.370. The minimum atomic E-state index is -4.35. The van der Waals surface area contributed by atoms with E-state index in [-0.39, 0.29) is 83.0 Å². The van der Waals surface area contributed by atoms with E-state index in [1.54, 1.807) is 17.0 Å². The second-order valence-electron chi connectivity index (χ2n) is 10.9. The van der Waals surface area contributed by atoms with E-state index >= 15 is 0 Å². The smallest absolute Gasteiger partial charge is 0.514 e. The van der Waals surface area contributed by atoms with Gasteiger partial charge in [-0.1, -0.05) is 43.2 Å². The van der Waals surface area contributed by atoms with Gasteiger partial charge in [0.15, 0.2) is 5.84 Å². The van der Waals surface area contributed by atoms with Gasteiger partial charge in [0.25, 0.3) is 10.0 Å². The molecule has 0 radical (unpaired) electrons. The Morgan fingerprint density at radius 2 is 1.85 bits per heavy atom. The summed E-state index contributed by atoms with van der Waals surface area (Å²) in [6, 6.07) is 10.9. The molecule has 41 heavy (non-hydrogen) atoms. The van der Waals surface area contributed by atoms with Gasteiger partial charge in [-0.25, -0.2) is 18.9 Å². The van der Waals surface area contributed by atoms with Gasteiger partial charge in [0, 0.05) is 13.1 Å². The number of hydrogen-bond acceptors (Lipinski definition) is 7. The molecule has 0 aromatic heterocycles. The van der Waals surface area contributed by atoms with E-state index in [4.69, 9.17) is 0 Å². The van der Waals surface area contributed by atoms with Gasteiger partial charge < -0.3 is 15.3 Å². The summed E-state index contributed by atoms with van der Waals surface area (Å²) in [5.74, 6) is -1.62. The zero-order valence-corrected chi connectivity index (χ0v) is 23.9. The molecule has 10 nitrogen and oxygen atoms in total. The van der Waals surface area contributed by atoms with E-state index in [1.165, 1.54) is 34.6 Å². The van der Waals surface area contributed by atoms with Crippen LogP contribution in [0, 0.1) is 29.6 Å². The number of fused-ring (bicyclic) bond motifs is 6. The fourth-order valence-corrected chi connectivity index (χ4v) is 9.55. The van der Waals surface area contributed by atoms with E-state index in [2.05, 4.69) is 9.71 Å². The van der Waals surface area contributed by atoms with Crippen LogP contribution in [-0.4, -0.2) is 50.9 Å². The van der Waals surface area contributed by atoms with Crippen LogP contribution in [0.5, 0.6) is 0 Å². The van der Waals surface area contributed by atoms with Crippen molar-refractivity contribution in [2.75, 3.05) is 21.9 Å². The molecule has 3 aliphatic heterocycles. The Bertz CT molecular complexity index is 1730. The van der Waals surface area contributed by atoms with Crippen molar-refractivity contribution in [1.82, 2.24) is 4.90 Å². The predicted octanol–water partition coefficient (Wildman–Crippen LogP) is 0.315. The van der Waals surface area contributed by atoms with Gasteiger partial charge in [0.1, 0.15) is 16.3 Å². The second-order valence-corrected chi connectivity index (χ2v) is 14.5. The summed E-state index contributed by atoms with van der Waals surface area (Å²) in [6.45, 7) is 0.403. The van der Waals surface area contributed by atoms with Gasteiger partial charge >= 0.3 is 18.9 Å². The van der Waals surface area contributed by atoms with Gasteiger partial charge in [-0.2, -0.15) is 8.42 Å². The molecular formula is C27H26FLiN4O6S2. The largest absolute Gasteiger partial charge is 1.00 e. The molecule has 7 rings (SSSR count). The standard InChI is InChI=1S/C27H26FN4O6S2.Li/c28-18-6-2-15(3-7-18)14-31-24-17-5-4-16(12-17)22(24)25(33)23(27(31)34)26-29-20-9-8-19(13-21(20)40(37,38)30-26)32-10-1-11-39(32,35)36;/h2-3,6-9,13,16-17,22,33H,1,4-5,10-12,14H2,(H,29,30);/q-1;+1/t16-,17+,22+;/m0./s1. The summed E-state index contributed by atoms with van der Waals surface area (Å²) in [4.78, 5) is 15.3. The second kappa shape index (κ2) is 9.86. The number of carbonyl (C=O) groups is 1. The number of nitrogens with one attached hydrogen (secondary N) is 1. The summed E-state index contributed by atoms with van der Waals surface area (Å²) in [7, 11) is -7.88. The Balaban J connectivity index is 0.00000302. The van der Waals surface area contributed by atoms with Crippen molar-refractivity contribution in [2.24, 2.45) is 22.2 Å². The minimum absolute atomic E-state index is 0. The predicted molar refractivity (Wildman–Crippen MR) is 145 cm³/mol. The molecular weight excluding hydrogens is 566 g/mol. The molecule has 1 saturated heterocycles. The molecule has 2 N–H and O–H groups in total. The molecule has 2 aliphatic carbocycles. The van der Waals surface area contributed by atoms with E-state index < -0.39 is 37.7 Å². The van der Waals surface area contributed by atoms with Crippen LogP contribution in [0.15, 0.2) is 63.1 Å². The minimum Gasteiger partial charge on any atom is -0.514 e. The van der Waals surface area contributed by atoms with Crippen LogP contribution in [0.2, 0.25) is 0 Å². The van der Waals surface area contributed by atoms with Gasteiger partial charge in [-0.05, 0) is 42.3 Å². The maximum Gasteiger partial charge on any atom is 1.00 e. The first kappa shape index (κ1) is 28.3. The van der Waals surface area contributed by atoms with Crippen LogP contribution in [0.1, 0.15) is 31.2 Å². The number of sulfonamides is 2. The molecule has 1 amide bonds. The molecule has 14 heteroatoms. The van der Waals surface area contributed by atoms with Crippen molar-refractivity contribution in [1.29, 1.82) is 0 Å². The van der Waals surface area contributed by atoms with Crippen LogP contribution in [0.25, 0.3) is 0 Å². The molecule has 2 bridgehead atoms. The third-order valence-electron chi connectivity index (χ3n) is 8.59. The number of amides is 1. The Labute approximate surface area is 249 Å². The number of hydrogen-bond donors (Lipinski definition) is 2. The van der Waals surface area contributed by atoms with Gasteiger partial charge in [-0.15, -0.1) is 10.3 Å². The molecule has 2 aromatic rings. The van der Waals surface area contributed by atoms with Crippen LogP contribution < -0.4 is 28.5 Å². The zero-order valence-electron chi connectivity index (χ0n) is 22.2. The van der Waals surface area contributed by atoms with Crippen LogP contribution in [-0.2, 0) is 31.4 Å². The maximum atomic E-state index is 14.0. The summed E-state index contributed by atoms with van der Waals surface area (Å²) in [5.41, 5.74) is 0.850. The van der Waals surface area contributed by atoms with E-state index in [0.29, 0.717) is 12.0 Å². The number of aliphatic hydroxyl groups excluding tert-OH is 1. The molecule has 5 aliphatic rings. The average Bonchev–Trinajstić information content (AvgIpc) is 3.62. The molecule has 3 heterocycles. The van der Waals surface area contributed by atoms with E-state index in [0.717, 1.165) is 25.3 Å². The normalized spacial score (nSPS) is 27.7. The van der Waals surface area contributed by atoms with Crippen molar-refractivity contribution in [2.45, 2.75) is 37.1 Å². The summed E-state index contributed by atoms with van der Waals surface area (Å²) in [5, 5.41) is 14.4. The summed E-state index contributed by atoms with van der Waals surface area (Å²) >= 11 is 0. The Morgan fingerprint density at radius 1 is 1.10 bits per heavy atom. The molecule has 0 unspecified atom stereocenters. The van der Waals surface area contributed by atoms with Crippen LogP contribution in [0.4, 0.5) is 15.8 Å². The van der Waals surface area contributed by atoms with Crippen LogP contribution in [0.3, 0.4) is 0 Å². The van der Waals surface area contributed by atoms with Gasteiger partial charge in [0.05, 0.1) is 22.9 Å². The number of nitrogens with zero attached hydrogens (tertiary/aromatic N) is 3. The molecule has 210 valence electrons. The number of amidine groups is 1. The van der Waals surface area contributed by atoms with Crippen molar-refractivity contribution in [3.05, 3.63) is 71.2 Å². The van der Waals surface area contributed by atoms with Crippen molar-refractivity contribution >= 4 is 43.2 Å². The average molecular weight is 593 g/mol. The molecule has 3 atom stereocenters. The van der Waals surface area contributed by atoms with Crippen molar-refractivity contribution in [3.63, 3.8) is 0 Å². The van der Waals surface area contributed by atoms with Crippen LogP contribution >= 0.6 is 0 Å². The van der Waals surface area contributed by atoms with Gasteiger partial charge in [-0.3, -0.25) is 9.10 Å². The van der Waals surface area contributed by atoms with Crippen molar-refractivity contribution in [3.8, 4) is 0 Å². The monoisotopic (exact) mass is 592 g/mol. The third kappa shape index (κ3) is 4.49. The number of benzene rings is 2. The zero-order chi connectivity index (χ0) is 28.0. The SMILES string of the molecule is O=C1C(C2=NS(=O)(=O)c3cc(N4CCCS4(=O)=O)ccc3N2)=C(O)[C@H]2[C-]([C@@H]3CC[C@H]2C3)N1Cc1ccc(F)cc1.[Li+]. The Hall–Kier alpha value is -2.85. The number of anilines is 2. The van der Waals surface area contributed by atoms with Crippen molar-refractivity contribution < 1.29 is 50.0 Å². The van der Waals surface area contributed by atoms with E-state index in [1.807, 2.05) is 0 Å². The quantitative estimate of drug-likeness (QED) is 0.386. The molecule has 0 spiro atoms. The number of rotatable bonds is 4. The first-order chi connectivity index (χ1) is 19.0. The topological polar surface area (TPSA) is 136 Å². The summed E-state index contributed by atoms with van der Waals surface area (Å²) < 4.78 is 70.1. The van der Waals surface area contributed by atoms with E-state index in [9.17, 15) is 31.1 Å². The first-order valence-corrected chi connectivity index (χ1v) is 16.2. The molecule has 2 aromatic carbocycles. The number of aliphatic hydroxyl groups is 1.